The summed E-state index contributed by atoms with van der Waals surface area (Å²) < 4.78 is 5.79. The minimum atomic E-state index is -0.963. The lowest BCUT2D eigenvalue weighted by Crippen LogP contribution is -2.58. The van der Waals surface area contributed by atoms with Gasteiger partial charge in [0.2, 0.25) is 5.91 Å². The molecule has 2 fully saturated rings. The van der Waals surface area contributed by atoms with E-state index in [0.717, 1.165) is 48.9 Å². The molecule has 7 nitrogen and oxygen atoms in total. The molecule has 35 heavy (non-hydrogen) atoms. The van der Waals surface area contributed by atoms with Gasteiger partial charge in [0.25, 0.3) is 0 Å². The number of fused-ring (bicyclic) bond motifs is 2. The first kappa shape index (κ1) is 23.4. The van der Waals surface area contributed by atoms with Crippen LogP contribution in [0.2, 0.25) is 0 Å². The summed E-state index contributed by atoms with van der Waals surface area (Å²) in [7, 11) is 0. The Bertz CT molecular complexity index is 1120. The Labute approximate surface area is 205 Å². The summed E-state index contributed by atoms with van der Waals surface area (Å²) >= 11 is 0. The molecule has 3 aliphatic rings. The van der Waals surface area contributed by atoms with Crippen LogP contribution in [0.4, 0.5) is 10.5 Å². The van der Waals surface area contributed by atoms with Gasteiger partial charge < -0.3 is 14.7 Å². The number of amides is 2. The first-order valence-corrected chi connectivity index (χ1v) is 12.5. The van der Waals surface area contributed by atoms with E-state index < -0.39 is 5.97 Å². The number of carboxylic acids is 1. The third-order valence-electron chi connectivity index (χ3n) is 7.84. The highest BCUT2D eigenvalue weighted by molar-refractivity contribution is 5.91. The molecule has 184 valence electrons. The van der Waals surface area contributed by atoms with Crippen LogP contribution in [0.15, 0.2) is 54.6 Å². The van der Waals surface area contributed by atoms with Gasteiger partial charge in [-0.2, -0.15) is 0 Å². The molecule has 0 aromatic heterocycles. The van der Waals surface area contributed by atoms with Gasteiger partial charge in [-0.25, -0.2) is 4.79 Å². The van der Waals surface area contributed by atoms with E-state index in [-0.39, 0.29) is 55.0 Å². The Morgan fingerprint density at radius 3 is 2.46 bits per heavy atom. The number of ether oxygens (including phenoxy) is 1. The number of nitrogens with zero attached hydrogens (tertiary/aromatic N) is 2. The van der Waals surface area contributed by atoms with Gasteiger partial charge in [0.15, 0.2) is 0 Å². The van der Waals surface area contributed by atoms with Crippen LogP contribution in [0, 0.1) is 5.41 Å². The fourth-order valence-corrected chi connectivity index (χ4v) is 6.11. The molecule has 0 radical (unpaired) electrons. The normalized spacial score (nSPS) is 24.9. The Morgan fingerprint density at radius 2 is 1.74 bits per heavy atom. The van der Waals surface area contributed by atoms with E-state index in [4.69, 9.17) is 9.84 Å². The van der Waals surface area contributed by atoms with Crippen molar-refractivity contribution in [3.63, 3.8) is 0 Å². The second-order valence-corrected chi connectivity index (χ2v) is 10.2. The Balaban J connectivity index is 1.50. The van der Waals surface area contributed by atoms with Crippen molar-refractivity contribution in [3.05, 3.63) is 65.7 Å². The fourth-order valence-electron chi connectivity index (χ4n) is 6.11. The first-order chi connectivity index (χ1) is 16.9. The summed E-state index contributed by atoms with van der Waals surface area (Å²) in [6, 6.07) is 17.3. The summed E-state index contributed by atoms with van der Waals surface area (Å²) in [5, 5.41) is 9.17. The Hall–Kier alpha value is -3.35. The summed E-state index contributed by atoms with van der Waals surface area (Å²) in [5.74, 6) is -1.07. The van der Waals surface area contributed by atoms with E-state index in [1.165, 1.54) is 0 Å². The molecule has 5 rings (SSSR count). The van der Waals surface area contributed by atoms with Crippen LogP contribution in [-0.2, 0) is 20.9 Å². The molecule has 2 aromatic rings. The van der Waals surface area contributed by atoms with Crippen LogP contribution in [0.25, 0.3) is 0 Å². The maximum absolute atomic E-state index is 13.5. The first-order valence-electron chi connectivity index (χ1n) is 12.5. The predicted octanol–water partition coefficient (Wildman–Crippen LogP) is 5.30. The van der Waals surface area contributed by atoms with E-state index in [0.29, 0.717) is 0 Å². The van der Waals surface area contributed by atoms with E-state index in [1.807, 2.05) is 64.4 Å². The van der Waals surface area contributed by atoms with Crippen molar-refractivity contribution in [2.24, 2.45) is 5.41 Å². The van der Waals surface area contributed by atoms with Crippen LogP contribution in [-0.4, -0.2) is 40.1 Å². The van der Waals surface area contributed by atoms with Gasteiger partial charge in [-0.05, 0) is 42.9 Å². The van der Waals surface area contributed by atoms with Crippen LogP contribution in [0.3, 0.4) is 0 Å². The SMILES string of the molecule is C[C@]12CCC[C@H]1N(C(=O)OCc1ccccc1)c1ccccc1[C@@H]2N(C(=O)CCC(=O)O)C1CC1. The molecule has 0 bridgehead atoms. The zero-order valence-electron chi connectivity index (χ0n) is 20.1. The zero-order valence-corrected chi connectivity index (χ0v) is 20.1. The maximum Gasteiger partial charge on any atom is 0.414 e. The van der Waals surface area contributed by atoms with Crippen molar-refractivity contribution in [3.8, 4) is 0 Å². The third kappa shape index (κ3) is 4.40. The number of rotatable bonds is 7. The minimum absolute atomic E-state index is 0.00587. The van der Waals surface area contributed by atoms with Crippen LogP contribution in [0.1, 0.15) is 69.0 Å². The number of aliphatic carboxylic acids is 1. The number of benzene rings is 2. The Kier molecular flexibility index (Phi) is 6.26. The van der Waals surface area contributed by atoms with Crippen molar-refractivity contribution in [1.29, 1.82) is 0 Å². The maximum atomic E-state index is 13.5. The molecule has 2 aromatic carbocycles. The van der Waals surface area contributed by atoms with Gasteiger partial charge in [-0.1, -0.05) is 61.9 Å². The predicted molar refractivity (Wildman–Crippen MR) is 131 cm³/mol. The van der Waals surface area contributed by atoms with Crippen LogP contribution >= 0.6 is 0 Å². The molecular formula is C28H32N2O5. The number of carbonyl (C=O) groups is 3. The number of hydrogen-bond acceptors (Lipinski definition) is 4. The third-order valence-corrected chi connectivity index (χ3v) is 7.84. The van der Waals surface area contributed by atoms with Gasteiger partial charge in [0.05, 0.1) is 18.2 Å². The molecule has 2 aliphatic carbocycles. The number of carboxylic acid groups (broad SMARTS) is 1. The van der Waals surface area contributed by atoms with E-state index in [9.17, 15) is 14.4 Å². The van der Waals surface area contributed by atoms with Crippen molar-refractivity contribution in [2.45, 2.75) is 76.6 Å². The van der Waals surface area contributed by atoms with Crippen LogP contribution in [0.5, 0.6) is 0 Å². The van der Waals surface area contributed by atoms with Crippen LogP contribution < -0.4 is 4.90 Å². The Morgan fingerprint density at radius 1 is 1.03 bits per heavy atom. The molecule has 2 amide bonds. The van der Waals surface area contributed by atoms with Crippen molar-refractivity contribution in [1.82, 2.24) is 4.90 Å². The summed E-state index contributed by atoms with van der Waals surface area (Å²) in [5.41, 5.74) is 2.32. The van der Waals surface area contributed by atoms with Gasteiger partial charge in [-0.3, -0.25) is 14.5 Å². The van der Waals surface area contributed by atoms with E-state index in [1.54, 1.807) is 0 Å². The fraction of sp³-hybridized carbons (Fsp3) is 0.464. The van der Waals surface area contributed by atoms with Gasteiger partial charge in [-0.15, -0.1) is 0 Å². The quantitative estimate of drug-likeness (QED) is 0.586. The van der Waals surface area contributed by atoms with Crippen molar-refractivity contribution < 1.29 is 24.2 Å². The monoisotopic (exact) mass is 476 g/mol. The lowest BCUT2D eigenvalue weighted by Gasteiger charge is -2.53. The topological polar surface area (TPSA) is 87.2 Å². The number of carbonyl (C=O) groups excluding carboxylic acids is 2. The van der Waals surface area contributed by atoms with Gasteiger partial charge >= 0.3 is 12.1 Å². The zero-order chi connectivity index (χ0) is 24.6. The summed E-state index contributed by atoms with van der Waals surface area (Å²) in [6.07, 6.45) is 3.99. The summed E-state index contributed by atoms with van der Waals surface area (Å²) in [4.78, 5) is 41.9. The summed E-state index contributed by atoms with van der Waals surface area (Å²) in [6.45, 7) is 2.38. The lowest BCUT2D eigenvalue weighted by atomic mass is 9.69. The van der Waals surface area contributed by atoms with Crippen molar-refractivity contribution >= 4 is 23.7 Å². The average molecular weight is 477 g/mol. The average Bonchev–Trinajstić information content (AvgIpc) is 3.62. The van der Waals surface area contributed by atoms with Gasteiger partial charge in [0, 0.05) is 23.9 Å². The molecule has 3 atom stereocenters. The number of anilines is 1. The second kappa shape index (κ2) is 9.36. The lowest BCUT2D eigenvalue weighted by molar-refractivity contribution is -0.144. The van der Waals surface area contributed by atoms with E-state index >= 15 is 0 Å². The molecule has 0 unspecified atom stereocenters. The highest BCUT2D eigenvalue weighted by Crippen LogP contribution is 2.59. The molecule has 1 N–H and O–H groups in total. The molecule has 1 heterocycles. The van der Waals surface area contributed by atoms with E-state index in [2.05, 4.69) is 6.92 Å². The van der Waals surface area contributed by atoms with Crippen molar-refractivity contribution in [2.75, 3.05) is 4.90 Å². The molecule has 0 spiro atoms. The largest absolute Gasteiger partial charge is 0.481 e. The molecule has 0 saturated heterocycles. The smallest absolute Gasteiger partial charge is 0.414 e. The molecule has 7 heteroatoms. The highest BCUT2D eigenvalue weighted by atomic mass is 16.6. The number of para-hydroxylation sites is 1. The van der Waals surface area contributed by atoms with Gasteiger partial charge in [0.1, 0.15) is 6.61 Å². The molecule has 2 saturated carbocycles. The molecular weight excluding hydrogens is 444 g/mol. The standard InChI is InChI=1S/C28H32N2O5/c1-28-17-7-12-23(28)30(27(34)35-18-19-8-3-2-4-9-19)22-11-6-5-10-21(22)26(28)29(20-13-14-20)24(31)15-16-25(32)33/h2-6,8-11,20,23,26H,7,12-18H2,1H3,(H,32,33)/t23-,26+,28+/m1/s1. The minimum Gasteiger partial charge on any atom is -0.481 e. The second-order valence-electron chi connectivity index (χ2n) is 10.2. The highest BCUT2D eigenvalue weighted by Gasteiger charge is 2.58. The number of hydrogen-bond donors (Lipinski definition) is 1. The molecule has 1 aliphatic heterocycles.